The summed E-state index contributed by atoms with van der Waals surface area (Å²) in [5.41, 5.74) is -0.491. The lowest BCUT2D eigenvalue weighted by atomic mass is 9.82. The van der Waals surface area contributed by atoms with Crippen molar-refractivity contribution in [3.8, 4) is 0 Å². The number of sulfone groups is 1. The van der Waals surface area contributed by atoms with Gasteiger partial charge in [0.15, 0.2) is 5.78 Å². The summed E-state index contributed by atoms with van der Waals surface area (Å²) in [7, 11) is -4.16. The van der Waals surface area contributed by atoms with Gasteiger partial charge in [0.25, 0.3) is 5.69 Å². The number of fused-ring (bicyclic) bond motifs is 1. The Balaban J connectivity index is 1.74. The SMILES string of the molecule is CC(C)(C)[C@H]1C(=O)C(C2=CS(=O)(=O)c3cc([N+](=O)[O-])ccc3N2)C(=O)N1Cc1ccc(F)cc1. The molecule has 2 aromatic carbocycles. The van der Waals surface area contributed by atoms with Gasteiger partial charge in [-0.1, -0.05) is 32.9 Å². The molecule has 0 bridgehead atoms. The zero-order chi connectivity index (χ0) is 25.0. The average Bonchev–Trinajstić information content (AvgIpc) is 2.98. The number of hydrogen-bond donors (Lipinski definition) is 1. The molecule has 4 rings (SSSR count). The number of nitrogens with one attached hydrogen (secondary N) is 1. The first-order valence-corrected chi connectivity index (χ1v) is 11.9. The predicted octanol–water partition coefficient (Wildman–Crippen LogP) is 3.42. The maximum absolute atomic E-state index is 13.5. The molecule has 2 aliphatic heterocycles. The smallest absolute Gasteiger partial charge is 0.270 e. The van der Waals surface area contributed by atoms with Crippen molar-refractivity contribution in [3.63, 3.8) is 0 Å². The van der Waals surface area contributed by atoms with Crippen LogP contribution in [0.1, 0.15) is 26.3 Å². The lowest BCUT2D eigenvalue weighted by molar-refractivity contribution is -0.385. The van der Waals surface area contributed by atoms with Gasteiger partial charge in [-0.15, -0.1) is 0 Å². The van der Waals surface area contributed by atoms with E-state index < -0.39 is 55.3 Å². The van der Waals surface area contributed by atoms with Gasteiger partial charge in [-0.05, 0) is 29.2 Å². The molecule has 1 fully saturated rings. The van der Waals surface area contributed by atoms with E-state index in [1.54, 1.807) is 20.8 Å². The third kappa shape index (κ3) is 4.07. The summed E-state index contributed by atoms with van der Waals surface area (Å²) in [5, 5.41) is 14.7. The van der Waals surface area contributed by atoms with Crippen molar-refractivity contribution in [1.82, 2.24) is 4.90 Å². The van der Waals surface area contributed by atoms with Gasteiger partial charge in [0.2, 0.25) is 15.7 Å². The molecule has 2 heterocycles. The van der Waals surface area contributed by atoms with E-state index in [0.717, 1.165) is 17.5 Å². The molecule has 2 aliphatic rings. The number of carbonyl (C=O) groups excluding carboxylic acids is 2. The van der Waals surface area contributed by atoms with Crippen LogP contribution in [0.4, 0.5) is 15.8 Å². The minimum Gasteiger partial charge on any atom is -0.356 e. The number of nitro groups is 1. The first kappa shape index (κ1) is 23.6. The Morgan fingerprint density at radius 1 is 1.12 bits per heavy atom. The van der Waals surface area contributed by atoms with Crippen molar-refractivity contribution in [2.45, 2.75) is 38.3 Å². The highest BCUT2D eigenvalue weighted by atomic mass is 32.2. The lowest BCUT2D eigenvalue weighted by Crippen LogP contribution is -2.44. The quantitative estimate of drug-likeness (QED) is 0.398. The Bertz CT molecular complexity index is 1350. The number of nitro benzene ring substituents is 1. The Morgan fingerprint density at radius 3 is 2.35 bits per heavy atom. The number of carbonyl (C=O) groups is 2. The van der Waals surface area contributed by atoms with Gasteiger partial charge in [-0.3, -0.25) is 19.7 Å². The number of halogens is 1. The molecule has 1 amide bonds. The van der Waals surface area contributed by atoms with Gasteiger partial charge in [-0.2, -0.15) is 0 Å². The Hall–Kier alpha value is -3.60. The van der Waals surface area contributed by atoms with Crippen molar-refractivity contribution < 1.29 is 27.3 Å². The molecule has 34 heavy (non-hydrogen) atoms. The summed E-state index contributed by atoms with van der Waals surface area (Å²) in [4.78, 5) is 38.4. The fraction of sp³-hybridized carbons (Fsp3) is 0.304. The molecule has 0 saturated carbocycles. The molecule has 2 aromatic rings. The number of hydrogen-bond acceptors (Lipinski definition) is 7. The summed E-state index contributed by atoms with van der Waals surface area (Å²) in [6, 6.07) is 8.02. The second kappa shape index (κ2) is 8.01. The minimum atomic E-state index is -4.16. The van der Waals surface area contributed by atoms with E-state index in [0.29, 0.717) is 5.56 Å². The first-order chi connectivity index (χ1) is 15.8. The van der Waals surface area contributed by atoms with E-state index in [2.05, 4.69) is 5.32 Å². The number of amides is 1. The van der Waals surface area contributed by atoms with E-state index in [1.807, 2.05) is 0 Å². The molecule has 0 aliphatic carbocycles. The van der Waals surface area contributed by atoms with Crippen LogP contribution in [0.15, 0.2) is 58.5 Å². The summed E-state index contributed by atoms with van der Waals surface area (Å²) in [6.45, 7) is 5.45. The van der Waals surface area contributed by atoms with Crippen LogP contribution >= 0.6 is 0 Å². The molecule has 0 aromatic heterocycles. The number of rotatable bonds is 4. The Morgan fingerprint density at radius 2 is 1.76 bits per heavy atom. The van der Waals surface area contributed by atoms with Crippen molar-refractivity contribution in [3.05, 3.63) is 75.1 Å². The van der Waals surface area contributed by atoms with Gasteiger partial charge in [0.1, 0.15) is 16.6 Å². The molecule has 2 atom stereocenters. The van der Waals surface area contributed by atoms with Crippen molar-refractivity contribution in [2.24, 2.45) is 11.3 Å². The summed E-state index contributed by atoms with van der Waals surface area (Å²) >= 11 is 0. The topological polar surface area (TPSA) is 127 Å². The number of anilines is 1. The maximum Gasteiger partial charge on any atom is 0.270 e. The van der Waals surface area contributed by atoms with Gasteiger partial charge < -0.3 is 10.2 Å². The van der Waals surface area contributed by atoms with Crippen LogP contribution in [0, 0.1) is 27.3 Å². The number of benzene rings is 2. The number of nitrogens with zero attached hydrogens (tertiary/aromatic N) is 2. The fourth-order valence-electron chi connectivity index (χ4n) is 4.38. The minimum absolute atomic E-state index is 0.0477. The maximum atomic E-state index is 13.5. The Kier molecular flexibility index (Phi) is 5.55. The van der Waals surface area contributed by atoms with Crippen LogP contribution < -0.4 is 5.32 Å². The number of ketones is 1. The van der Waals surface area contributed by atoms with E-state index in [1.165, 1.54) is 35.2 Å². The van der Waals surface area contributed by atoms with Gasteiger partial charge in [-0.25, -0.2) is 12.8 Å². The van der Waals surface area contributed by atoms with Gasteiger partial charge in [0.05, 0.1) is 22.1 Å². The van der Waals surface area contributed by atoms with Gasteiger partial charge in [0, 0.05) is 24.4 Å². The molecule has 178 valence electrons. The standard InChI is InChI=1S/C23H22FN3O6S/c1-23(2,3)21-20(28)19(22(29)26(21)11-13-4-6-14(24)7-5-13)17-12-34(32,33)18-10-15(27(30)31)8-9-16(18)25-17/h4-10,12,19,21,25H,11H2,1-3H3/t19?,21-/m1/s1. The van der Waals surface area contributed by atoms with Crippen molar-refractivity contribution in [2.75, 3.05) is 5.32 Å². The third-order valence-corrected chi connectivity index (χ3v) is 7.35. The highest BCUT2D eigenvalue weighted by Gasteiger charge is 2.53. The monoisotopic (exact) mass is 487 g/mol. The second-order valence-electron chi connectivity index (χ2n) is 9.38. The first-order valence-electron chi connectivity index (χ1n) is 10.4. The van der Waals surface area contributed by atoms with Crippen LogP contribution in [-0.2, 0) is 26.0 Å². The average molecular weight is 488 g/mol. The van der Waals surface area contributed by atoms with Crippen LogP contribution in [-0.4, -0.2) is 36.0 Å². The number of non-ortho nitro benzene ring substituents is 1. The lowest BCUT2D eigenvalue weighted by Gasteiger charge is -2.33. The molecule has 11 heteroatoms. The Labute approximate surface area is 195 Å². The van der Waals surface area contributed by atoms with Crippen LogP contribution in [0.5, 0.6) is 0 Å². The number of Topliss-reactive ketones (excluding diaryl/α,β-unsaturated/α-hetero) is 1. The molecule has 0 spiro atoms. The zero-order valence-electron chi connectivity index (χ0n) is 18.6. The highest BCUT2D eigenvalue weighted by Crippen LogP contribution is 2.41. The van der Waals surface area contributed by atoms with E-state index in [4.69, 9.17) is 0 Å². The van der Waals surface area contributed by atoms with Crippen LogP contribution in [0.2, 0.25) is 0 Å². The summed E-state index contributed by atoms with van der Waals surface area (Å²) in [5.74, 6) is -2.85. The largest absolute Gasteiger partial charge is 0.356 e. The van der Waals surface area contributed by atoms with Gasteiger partial charge >= 0.3 is 0 Å². The van der Waals surface area contributed by atoms with Crippen molar-refractivity contribution >= 4 is 32.9 Å². The fourth-order valence-corrected chi connectivity index (χ4v) is 5.75. The zero-order valence-corrected chi connectivity index (χ0v) is 19.4. The summed E-state index contributed by atoms with van der Waals surface area (Å²) in [6.07, 6.45) is 0. The van der Waals surface area contributed by atoms with E-state index in [-0.39, 0.29) is 22.8 Å². The highest BCUT2D eigenvalue weighted by molar-refractivity contribution is 7.94. The number of likely N-dealkylation sites (tertiary alicyclic amines) is 1. The third-order valence-electron chi connectivity index (χ3n) is 5.84. The van der Waals surface area contributed by atoms with Crippen LogP contribution in [0.3, 0.4) is 0 Å². The molecule has 1 unspecified atom stereocenters. The molecule has 1 saturated heterocycles. The second-order valence-corrected chi connectivity index (χ2v) is 11.1. The van der Waals surface area contributed by atoms with Crippen LogP contribution in [0.25, 0.3) is 0 Å². The molecular weight excluding hydrogens is 465 g/mol. The molecular formula is C23H22FN3O6S. The molecule has 9 nitrogen and oxygen atoms in total. The van der Waals surface area contributed by atoms with E-state index >= 15 is 0 Å². The van der Waals surface area contributed by atoms with E-state index in [9.17, 15) is 32.5 Å². The molecule has 1 N–H and O–H groups in total. The summed E-state index contributed by atoms with van der Waals surface area (Å²) < 4.78 is 39.1. The van der Waals surface area contributed by atoms with Crippen molar-refractivity contribution in [1.29, 1.82) is 0 Å². The molecule has 0 radical (unpaired) electrons. The predicted molar refractivity (Wildman–Crippen MR) is 121 cm³/mol. The normalized spacial score (nSPS) is 21.6.